The first-order valence-corrected chi connectivity index (χ1v) is 10.8. The van der Waals surface area contributed by atoms with Crippen LogP contribution in [0.15, 0.2) is 57.9 Å². The minimum atomic E-state index is -0.213. The number of carbonyl (C=O) groups is 2. The number of piperidine rings is 1. The fourth-order valence-electron chi connectivity index (χ4n) is 3.76. The van der Waals surface area contributed by atoms with Gasteiger partial charge < -0.3 is 14.8 Å². The van der Waals surface area contributed by atoms with E-state index < -0.39 is 0 Å². The fourth-order valence-corrected chi connectivity index (χ4v) is 4.14. The molecule has 1 aliphatic rings. The lowest BCUT2D eigenvalue weighted by Crippen LogP contribution is -2.48. The zero-order valence-electron chi connectivity index (χ0n) is 16.5. The molecule has 1 N–H and O–H groups in total. The van der Waals surface area contributed by atoms with Crippen LogP contribution >= 0.6 is 15.9 Å². The summed E-state index contributed by atoms with van der Waals surface area (Å²) in [4.78, 5) is 39.0. The Morgan fingerprint density at radius 3 is 2.48 bits per heavy atom. The van der Waals surface area contributed by atoms with Crippen LogP contribution in [0.1, 0.15) is 37.7 Å². The van der Waals surface area contributed by atoms with Crippen molar-refractivity contribution in [3.63, 3.8) is 0 Å². The maximum atomic E-state index is 13.0. The van der Waals surface area contributed by atoms with Crippen LogP contribution in [0, 0.1) is 0 Å². The SMILES string of the molecule is CCC(C(=O)N1CCC(NC(=O)Cn2cc(Br)ccc2=O)CC1)c1ccccc1. The van der Waals surface area contributed by atoms with E-state index in [2.05, 4.69) is 21.2 Å². The molecule has 7 heteroatoms. The Morgan fingerprint density at radius 1 is 1.14 bits per heavy atom. The van der Waals surface area contributed by atoms with Crippen LogP contribution in [0.3, 0.4) is 0 Å². The van der Waals surface area contributed by atoms with E-state index in [0.717, 1.165) is 29.3 Å². The fraction of sp³-hybridized carbons (Fsp3) is 0.409. The van der Waals surface area contributed by atoms with Gasteiger partial charge in [0.05, 0.1) is 5.92 Å². The van der Waals surface area contributed by atoms with Gasteiger partial charge in [-0.2, -0.15) is 0 Å². The maximum absolute atomic E-state index is 13.0. The number of nitrogens with one attached hydrogen (secondary N) is 1. The topological polar surface area (TPSA) is 71.4 Å². The molecule has 2 heterocycles. The number of rotatable bonds is 6. The van der Waals surface area contributed by atoms with E-state index >= 15 is 0 Å². The highest BCUT2D eigenvalue weighted by Gasteiger charge is 2.28. The summed E-state index contributed by atoms with van der Waals surface area (Å²) < 4.78 is 2.13. The van der Waals surface area contributed by atoms with Crippen LogP contribution in [0.2, 0.25) is 0 Å². The molecule has 1 unspecified atom stereocenters. The van der Waals surface area contributed by atoms with Gasteiger partial charge in [-0.1, -0.05) is 37.3 Å². The molecule has 1 saturated heterocycles. The summed E-state index contributed by atoms with van der Waals surface area (Å²) in [5, 5.41) is 3.00. The third-order valence-corrected chi connectivity index (χ3v) is 5.81. The van der Waals surface area contributed by atoms with Crippen LogP contribution in [0.5, 0.6) is 0 Å². The number of nitrogens with zero attached hydrogens (tertiary/aromatic N) is 2. The first kappa shape index (κ1) is 21.3. The molecule has 0 spiro atoms. The standard InChI is InChI=1S/C22H26BrN3O3/c1-2-19(16-6-4-3-5-7-16)22(29)25-12-10-18(11-13-25)24-20(27)15-26-14-17(23)8-9-21(26)28/h3-9,14,18-19H,2,10-13,15H2,1H3,(H,24,27). The van der Waals surface area contributed by atoms with Crippen molar-refractivity contribution < 1.29 is 9.59 Å². The molecule has 0 aliphatic carbocycles. The molecule has 2 amide bonds. The third-order valence-electron chi connectivity index (χ3n) is 5.34. The first-order valence-electron chi connectivity index (χ1n) is 9.97. The van der Waals surface area contributed by atoms with Crippen LogP contribution in [-0.2, 0) is 16.1 Å². The maximum Gasteiger partial charge on any atom is 0.251 e. The summed E-state index contributed by atoms with van der Waals surface area (Å²) >= 11 is 3.31. The minimum Gasteiger partial charge on any atom is -0.352 e. The van der Waals surface area contributed by atoms with E-state index in [4.69, 9.17) is 0 Å². The van der Waals surface area contributed by atoms with Crippen molar-refractivity contribution in [3.05, 3.63) is 69.1 Å². The average molecular weight is 460 g/mol. The van der Waals surface area contributed by atoms with Crippen molar-refractivity contribution in [2.45, 2.75) is 44.7 Å². The van der Waals surface area contributed by atoms with Gasteiger partial charge in [0.25, 0.3) is 5.56 Å². The van der Waals surface area contributed by atoms with Crippen molar-refractivity contribution in [3.8, 4) is 0 Å². The molecule has 154 valence electrons. The molecule has 1 aliphatic heterocycles. The van der Waals surface area contributed by atoms with Crippen LogP contribution in [0.4, 0.5) is 0 Å². The number of benzene rings is 1. The Labute approximate surface area is 179 Å². The highest BCUT2D eigenvalue weighted by atomic mass is 79.9. The Kier molecular flexibility index (Phi) is 7.25. The van der Waals surface area contributed by atoms with E-state index in [1.54, 1.807) is 12.3 Å². The Hall–Kier alpha value is -2.41. The number of aromatic nitrogens is 1. The number of pyridine rings is 1. The molecular weight excluding hydrogens is 434 g/mol. The smallest absolute Gasteiger partial charge is 0.251 e. The summed E-state index contributed by atoms with van der Waals surface area (Å²) in [6.07, 6.45) is 3.81. The van der Waals surface area contributed by atoms with Crippen molar-refractivity contribution in [2.75, 3.05) is 13.1 Å². The Bertz CT molecular complexity index is 905. The normalized spacial score (nSPS) is 15.7. The van der Waals surface area contributed by atoms with Gasteiger partial charge in [-0.3, -0.25) is 14.4 Å². The Balaban J connectivity index is 1.52. The number of amides is 2. The molecule has 2 aromatic rings. The van der Waals surface area contributed by atoms with Crippen molar-refractivity contribution >= 4 is 27.7 Å². The van der Waals surface area contributed by atoms with E-state index in [0.29, 0.717) is 13.1 Å². The third kappa shape index (κ3) is 5.56. The zero-order chi connectivity index (χ0) is 20.8. The van der Waals surface area contributed by atoms with Gasteiger partial charge in [0.1, 0.15) is 6.54 Å². The van der Waals surface area contributed by atoms with Gasteiger partial charge in [0.15, 0.2) is 0 Å². The first-order chi connectivity index (χ1) is 14.0. The number of halogens is 1. The van der Waals surface area contributed by atoms with Gasteiger partial charge in [-0.05, 0) is 46.8 Å². The molecule has 0 saturated carbocycles. The minimum absolute atomic E-state index is 0.0106. The quantitative estimate of drug-likeness (QED) is 0.721. The number of likely N-dealkylation sites (tertiary alicyclic amines) is 1. The van der Waals surface area contributed by atoms with E-state index in [1.807, 2.05) is 42.2 Å². The van der Waals surface area contributed by atoms with Crippen LogP contribution in [0.25, 0.3) is 0 Å². The van der Waals surface area contributed by atoms with Gasteiger partial charge in [-0.15, -0.1) is 0 Å². The van der Waals surface area contributed by atoms with Crippen molar-refractivity contribution in [1.29, 1.82) is 0 Å². The molecule has 0 radical (unpaired) electrons. The highest BCUT2D eigenvalue weighted by Crippen LogP contribution is 2.24. The van der Waals surface area contributed by atoms with Gasteiger partial charge in [0.2, 0.25) is 11.8 Å². The van der Waals surface area contributed by atoms with E-state index in [-0.39, 0.29) is 35.9 Å². The molecule has 3 rings (SSSR count). The van der Waals surface area contributed by atoms with Crippen LogP contribution < -0.4 is 10.9 Å². The second-order valence-electron chi connectivity index (χ2n) is 7.35. The lowest BCUT2D eigenvalue weighted by molar-refractivity contribution is -0.134. The lowest BCUT2D eigenvalue weighted by Gasteiger charge is -2.34. The monoisotopic (exact) mass is 459 g/mol. The van der Waals surface area contributed by atoms with Crippen LogP contribution in [-0.4, -0.2) is 40.4 Å². The molecule has 0 bridgehead atoms. The summed E-state index contributed by atoms with van der Waals surface area (Å²) in [5.74, 6) is -0.152. The molecule has 1 fully saturated rings. The summed E-state index contributed by atoms with van der Waals surface area (Å²) in [6, 6.07) is 13.0. The predicted octanol–water partition coefficient (Wildman–Crippen LogP) is 2.91. The second-order valence-corrected chi connectivity index (χ2v) is 8.27. The molecule has 6 nitrogen and oxygen atoms in total. The van der Waals surface area contributed by atoms with Crippen molar-refractivity contribution in [2.24, 2.45) is 0 Å². The molecule has 1 aromatic carbocycles. The molecular formula is C22H26BrN3O3. The zero-order valence-corrected chi connectivity index (χ0v) is 18.1. The summed E-state index contributed by atoms with van der Waals surface area (Å²) in [7, 11) is 0. The average Bonchev–Trinajstić information content (AvgIpc) is 2.72. The van der Waals surface area contributed by atoms with Gasteiger partial charge in [-0.25, -0.2) is 0 Å². The molecule has 29 heavy (non-hydrogen) atoms. The van der Waals surface area contributed by atoms with E-state index in [1.165, 1.54) is 10.6 Å². The van der Waals surface area contributed by atoms with Gasteiger partial charge in [0, 0.05) is 35.9 Å². The number of carbonyl (C=O) groups excluding carboxylic acids is 2. The molecule has 1 atom stereocenters. The highest BCUT2D eigenvalue weighted by molar-refractivity contribution is 9.10. The lowest BCUT2D eigenvalue weighted by atomic mass is 9.93. The molecule has 1 aromatic heterocycles. The van der Waals surface area contributed by atoms with Crippen molar-refractivity contribution in [1.82, 2.24) is 14.8 Å². The summed E-state index contributed by atoms with van der Waals surface area (Å²) in [5.41, 5.74) is 0.838. The van der Waals surface area contributed by atoms with E-state index in [9.17, 15) is 14.4 Å². The predicted molar refractivity (Wildman–Crippen MR) is 116 cm³/mol. The van der Waals surface area contributed by atoms with Gasteiger partial charge >= 0.3 is 0 Å². The number of hydrogen-bond donors (Lipinski definition) is 1. The second kappa shape index (κ2) is 9.87. The largest absolute Gasteiger partial charge is 0.352 e. The number of hydrogen-bond acceptors (Lipinski definition) is 3. The summed E-state index contributed by atoms with van der Waals surface area (Å²) in [6.45, 7) is 3.28. The Morgan fingerprint density at radius 2 is 1.83 bits per heavy atom.